The predicted molar refractivity (Wildman–Crippen MR) is 50.7 cm³/mol. The molecule has 1 aromatic heterocycles. The van der Waals surface area contributed by atoms with Crippen molar-refractivity contribution in [1.82, 2.24) is 9.97 Å². The predicted octanol–water partition coefficient (Wildman–Crippen LogP) is -0.770. The van der Waals surface area contributed by atoms with E-state index >= 15 is 0 Å². The number of nitrogens with two attached hydrogens (primary N) is 1. The molecule has 2 rings (SSSR count). The zero-order chi connectivity index (χ0) is 9.97. The maximum atomic E-state index is 9.46. The molecule has 2 atom stereocenters. The second-order valence-electron chi connectivity index (χ2n) is 3.15. The van der Waals surface area contributed by atoms with Crippen LogP contribution in [0, 0.1) is 0 Å². The number of nitrogens with zero attached hydrogens (tertiary/aromatic N) is 2. The molecule has 1 aliphatic rings. The lowest BCUT2D eigenvalue weighted by atomic mass is 10.2. The fourth-order valence-electron chi connectivity index (χ4n) is 1.32. The summed E-state index contributed by atoms with van der Waals surface area (Å²) in [5.41, 5.74) is 5.59. The number of aromatic nitrogens is 2. The monoisotopic (exact) mass is 196 g/mol. The van der Waals surface area contributed by atoms with Crippen LogP contribution in [0.25, 0.3) is 0 Å². The Balaban J connectivity index is 2.07. The van der Waals surface area contributed by atoms with Crippen molar-refractivity contribution in [2.75, 3.05) is 24.3 Å². The maximum absolute atomic E-state index is 9.46. The average molecular weight is 196 g/mol. The van der Waals surface area contributed by atoms with Crippen molar-refractivity contribution in [3.8, 4) is 0 Å². The molecule has 0 saturated carbocycles. The normalized spacial score (nSPS) is 26.4. The van der Waals surface area contributed by atoms with Crippen molar-refractivity contribution >= 4 is 11.6 Å². The molecule has 14 heavy (non-hydrogen) atoms. The van der Waals surface area contributed by atoms with Gasteiger partial charge in [-0.15, -0.1) is 0 Å². The molecule has 1 aliphatic heterocycles. The van der Waals surface area contributed by atoms with E-state index in [1.54, 1.807) is 6.20 Å². The van der Waals surface area contributed by atoms with E-state index in [1.807, 2.05) is 0 Å². The minimum Gasteiger partial charge on any atom is -0.388 e. The van der Waals surface area contributed by atoms with Gasteiger partial charge < -0.3 is 20.9 Å². The van der Waals surface area contributed by atoms with Gasteiger partial charge in [0.15, 0.2) is 11.6 Å². The third-order valence-electron chi connectivity index (χ3n) is 2.10. The average Bonchev–Trinajstić information content (AvgIpc) is 2.56. The summed E-state index contributed by atoms with van der Waals surface area (Å²) in [7, 11) is 0. The molecule has 2 heterocycles. The Morgan fingerprint density at radius 3 is 2.86 bits per heavy atom. The number of nitrogen functional groups attached to an aromatic ring is 1. The van der Waals surface area contributed by atoms with Crippen LogP contribution in [0.15, 0.2) is 12.4 Å². The summed E-state index contributed by atoms with van der Waals surface area (Å²) in [6.45, 7) is 0.801. The van der Waals surface area contributed by atoms with Gasteiger partial charge in [-0.25, -0.2) is 9.97 Å². The highest BCUT2D eigenvalue weighted by atomic mass is 16.5. The standard InChI is InChI=1S/C8H12N4O2/c9-7-8(11-2-1-10-7)12-5-3-14-4-6(5)13/h1-2,5-6,13H,3-4H2,(H2,9,10)(H,11,12). The van der Waals surface area contributed by atoms with Crippen LogP contribution < -0.4 is 11.1 Å². The fourth-order valence-corrected chi connectivity index (χ4v) is 1.32. The first kappa shape index (κ1) is 9.17. The summed E-state index contributed by atoms with van der Waals surface area (Å²) in [6, 6.07) is -0.158. The number of aliphatic hydroxyl groups excluding tert-OH is 1. The van der Waals surface area contributed by atoms with E-state index in [2.05, 4.69) is 15.3 Å². The van der Waals surface area contributed by atoms with E-state index in [0.717, 1.165) is 0 Å². The molecule has 0 radical (unpaired) electrons. The molecular weight excluding hydrogens is 184 g/mol. The van der Waals surface area contributed by atoms with Crippen molar-refractivity contribution in [2.24, 2.45) is 0 Å². The Morgan fingerprint density at radius 2 is 2.21 bits per heavy atom. The van der Waals surface area contributed by atoms with E-state index in [1.165, 1.54) is 6.20 Å². The van der Waals surface area contributed by atoms with E-state index in [9.17, 15) is 5.11 Å². The zero-order valence-corrected chi connectivity index (χ0v) is 7.55. The number of aliphatic hydroxyl groups is 1. The van der Waals surface area contributed by atoms with Gasteiger partial charge >= 0.3 is 0 Å². The first-order chi connectivity index (χ1) is 6.77. The van der Waals surface area contributed by atoms with Crippen LogP contribution in [0.4, 0.5) is 11.6 Å². The summed E-state index contributed by atoms with van der Waals surface area (Å²) >= 11 is 0. The molecule has 0 amide bonds. The van der Waals surface area contributed by atoms with Crippen LogP contribution in [-0.2, 0) is 4.74 Å². The lowest BCUT2D eigenvalue weighted by Crippen LogP contribution is -2.32. The number of hydrogen-bond acceptors (Lipinski definition) is 6. The van der Waals surface area contributed by atoms with Crippen molar-refractivity contribution in [3.05, 3.63) is 12.4 Å². The van der Waals surface area contributed by atoms with Crippen LogP contribution in [0.3, 0.4) is 0 Å². The summed E-state index contributed by atoms with van der Waals surface area (Å²) in [6.07, 6.45) is 2.54. The van der Waals surface area contributed by atoms with Crippen LogP contribution in [0.2, 0.25) is 0 Å². The molecule has 1 aromatic rings. The van der Waals surface area contributed by atoms with Gasteiger partial charge in [-0.05, 0) is 0 Å². The van der Waals surface area contributed by atoms with E-state index in [4.69, 9.17) is 10.5 Å². The molecule has 1 saturated heterocycles. The summed E-state index contributed by atoms with van der Waals surface area (Å²) in [5, 5.41) is 12.4. The summed E-state index contributed by atoms with van der Waals surface area (Å²) in [4.78, 5) is 7.89. The van der Waals surface area contributed by atoms with Gasteiger partial charge in [0.1, 0.15) is 0 Å². The van der Waals surface area contributed by atoms with Crippen molar-refractivity contribution in [3.63, 3.8) is 0 Å². The van der Waals surface area contributed by atoms with Gasteiger partial charge in [0, 0.05) is 12.4 Å². The zero-order valence-electron chi connectivity index (χ0n) is 7.55. The van der Waals surface area contributed by atoms with Gasteiger partial charge in [0.25, 0.3) is 0 Å². The van der Waals surface area contributed by atoms with Crippen molar-refractivity contribution < 1.29 is 9.84 Å². The Bertz CT molecular complexity index is 320. The highest BCUT2D eigenvalue weighted by Crippen LogP contribution is 2.15. The highest BCUT2D eigenvalue weighted by molar-refractivity contribution is 5.55. The van der Waals surface area contributed by atoms with Gasteiger partial charge in [0.05, 0.1) is 25.4 Å². The van der Waals surface area contributed by atoms with Gasteiger partial charge in [-0.1, -0.05) is 0 Å². The second-order valence-corrected chi connectivity index (χ2v) is 3.15. The lowest BCUT2D eigenvalue weighted by Gasteiger charge is -2.15. The Labute approximate surface area is 81.1 Å². The second kappa shape index (κ2) is 3.77. The SMILES string of the molecule is Nc1nccnc1NC1COCC1O. The highest BCUT2D eigenvalue weighted by Gasteiger charge is 2.26. The van der Waals surface area contributed by atoms with Crippen LogP contribution in [-0.4, -0.2) is 40.4 Å². The van der Waals surface area contributed by atoms with Gasteiger partial charge in [-0.3, -0.25) is 0 Å². The molecule has 4 N–H and O–H groups in total. The number of ether oxygens (including phenoxy) is 1. The third-order valence-corrected chi connectivity index (χ3v) is 2.10. The topological polar surface area (TPSA) is 93.3 Å². The first-order valence-corrected chi connectivity index (χ1v) is 4.36. The first-order valence-electron chi connectivity index (χ1n) is 4.36. The smallest absolute Gasteiger partial charge is 0.169 e. The van der Waals surface area contributed by atoms with Crippen molar-refractivity contribution in [2.45, 2.75) is 12.1 Å². The summed E-state index contributed by atoms with van der Waals surface area (Å²) in [5.74, 6) is 0.814. The summed E-state index contributed by atoms with van der Waals surface area (Å²) < 4.78 is 5.08. The van der Waals surface area contributed by atoms with Crippen LogP contribution in [0.5, 0.6) is 0 Å². The van der Waals surface area contributed by atoms with E-state index in [-0.39, 0.29) is 6.04 Å². The molecule has 0 aromatic carbocycles. The van der Waals surface area contributed by atoms with E-state index in [0.29, 0.717) is 24.8 Å². The molecule has 6 heteroatoms. The quantitative estimate of drug-likeness (QED) is 0.575. The minimum atomic E-state index is -0.517. The van der Waals surface area contributed by atoms with Crippen molar-refractivity contribution in [1.29, 1.82) is 0 Å². The van der Waals surface area contributed by atoms with Gasteiger partial charge in [-0.2, -0.15) is 0 Å². The molecule has 0 aliphatic carbocycles. The molecule has 0 spiro atoms. The third kappa shape index (κ3) is 1.75. The Morgan fingerprint density at radius 1 is 1.43 bits per heavy atom. The molecule has 6 nitrogen and oxygen atoms in total. The number of rotatable bonds is 2. The van der Waals surface area contributed by atoms with Gasteiger partial charge in [0.2, 0.25) is 0 Å². The van der Waals surface area contributed by atoms with E-state index < -0.39 is 6.10 Å². The number of nitrogens with one attached hydrogen (secondary N) is 1. The number of hydrogen-bond donors (Lipinski definition) is 3. The largest absolute Gasteiger partial charge is 0.388 e. The minimum absolute atomic E-state index is 0.158. The number of anilines is 2. The maximum Gasteiger partial charge on any atom is 0.169 e. The Hall–Kier alpha value is -1.40. The van der Waals surface area contributed by atoms with Crippen LogP contribution >= 0.6 is 0 Å². The lowest BCUT2D eigenvalue weighted by molar-refractivity contribution is 0.125. The molecule has 76 valence electrons. The molecule has 1 fully saturated rings. The molecular formula is C8H12N4O2. The Kier molecular flexibility index (Phi) is 2.47. The molecule has 0 bridgehead atoms. The molecule has 2 unspecified atom stereocenters. The van der Waals surface area contributed by atoms with Crippen LogP contribution in [0.1, 0.15) is 0 Å². The fraction of sp³-hybridized carbons (Fsp3) is 0.500.